The van der Waals surface area contributed by atoms with Gasteiger partial charge in [0, 0.05) is 28.2 Å². The molecule has 16 heavy (non-hydrogen) atoms. The monoisotopic (exact) mass is 253 g/mol. The third-order valence-corrected chi connectivity index (χ3v) is 4.55. The number of rotatable bonds is 4. The van der Waals surface area contributed by atoms with E-state index in [2.05, 4.69) is 27.6 Å². The average molecular weight is 253 g/mol. The van der Waals surface area contributed by atoms with Crippen molar-refractivity contribution in [2.75, 3.05) is 7.05 Å². The molecule has 2 rings (SSSR count). The highest BCUT2D eigenvalue weighted by molar-refractivity contribution is 7.12. The molecule has 0 aliphatic rings. The fourth-order valence-electron chi connectivity index (χ4n) is 1.36. The van der Waals surface area contributed by atoms with E-state index in [1.807, 2.05) is 20.2 Å². The van der Waals surface area contributed by atoms with Crippen LogP contribution in [0.3, 0.4) is 0 Å². The van der Waals surface area contributed by atoms with Gasteiger partial charge in [0.25, 0.3) is 0 Å². The Labute approximate surface area is 104 Å². The first kappa shape index (κ1) is 11.7. The molecule has 2 aromatic rings. The van der Waals surface area contributed by atoms with E-state index in [0.29, 0.717) is 6.04 Å². The number of aryl methyl sites for hydroxylation is 1. The summed E-state index contributed by atoms with van der Waals surface area (Å²) in [5, 5.41) is 7.60. The van der Waals surface area contributed by atoms with E-state index in [1.165, 1.54) is 4.88 Å². The number of hydrogen-bond donors (Lipinski definition) is 1. The smallest absolute Gasteiger partial charge is 0.0996 e. The molecular weight excluding hydrogens is 238 g/mol. The zero-order chi connectivity index (χ0) is 11.5. The lowest BCUT2D eigenvalue weighted by Crippen LogP contribution is -2.10. The molecule has 86 valence electrons. The number of thiazole rings is 2. The van der Waals surface area contributed by atoms with Gasteiger partial charge in [-0.25, -0.2) is 9.97 Å². The molecule has 0 aliphatic heterocycles. The van der Waals surface area contributed by atoms with Crippen molar-refractivity contribution < 1.29 is 0 Å². The zero-order valence-electron chi connectivity index (χ0n) is 9.65. The third kappa shape index (κ3) is 2.66. The van der Waals surface area contributed by atoms with Crippen molar-refractivity contribution in [1.82, 2.24) is 15.3 Å². The first-order valence-electron chi connectivity index (χ1n) is 5.22. The molecule has 2 aromatic heterocycles. The van der Waals surface area contributed by atoms with E-state index in [-0.39, 0.29) is 0 Å². The zero-order valence-corrected chi connectivity index (χ0v) is 11.3. The van der Waals surface area contributed by atoms with Crippen LogP contribution < -0.4 is 5.32 Å². The topological polar surface area (TPSA) is 37.8 Å². The first-order valence-corrected chi connectivity index (χ1v) is 6.91. The molecule has 1 unspecified atom stereocenters. The van der Waals surface area contributed by atoms with Crippen molar-refractivity contribution in [3.05, 3.63) is 32.2 Å². The minimum absolute atomic E-state index is 0.379. The maximum absolute atomic E-state index is 4.45. The Hall–Kier alpha value is -0.780. The van der Waals surface area contributed by atoms with Crippen molar-refractivity contribution >= 4 is 22.7 Å². The molecule has 5 heteroatoms. The summed E-state index contributed by atoms with van der Waals surface area (Å²) in [6, 6.07) is 0.379. The molecular formula is C11H15N3S2. The van der Waals surface area contributed by atoms with Gasteiger partial charge in [-0.15, -0.1) is 22.7 Å². The summed E-state index contributed by atoms with van der Waals surface area (Å²) < 4.78 is 0. The van der Waals surface area contributed by atoms with Crippen LogP contribution in [0.15, 0.2) is 11.6 Å². The first-order chi connectivity index (χ1) is 7.69. The quantitative estimate of drug-likeness (QED) is 0.910. The normalized spacial score (nSPS) is 12.9. The summed E-state index contributed by atoms with van der Waals surface area (Å²) in [7, 11) is 1.97. The fourth-order valence-corrected chi connectivity index (χ4v) is 3.22. The largest absolute Gasteiger partial charge is 0.312 e. The SMILES string of the molecule is CNC(C)c1cnc(Cc2nc(C)cs2)s1. The summed E-state index contributed by atoms with van der Waals surface area (Å²) in [6.07, 6.45) is 2.82. The second-order valence-electron chi connectivity index (χ2n) is 3.73. The molecule has 1 N–H and O–H groups in total. The lowest BCUT2D eigenvalue weighted by Gasteiger charge is -2.04. The molecule has 0 aromatic carbocycles. The van der Waals surface area contributed by atoms with Gasteiger partial charge in [0.05, 0.1) is 16.4 Å². The van der Waals surface area contributed by atoms with Crippen LogP contribution in [-0.2, 0) is 6.42 Å². The number of hydrogen-bond acceptors (Lipinski definition) is 5. The molecule has 1 atom stereocenters. The van der Waals surface area contributed by atoms with Gasteiger partial charge in [0.15, 0.2) is 0 Å². The molecule has 0 saturated carbocycles. The third-order valence-electron chi connectivity index (χ3n) is 2.40. The Bertz CT molecular complexity index is 461. The van der Waals surface area contributed by atoms with Gasteiger partial charge < -0.3 is 5.32 Å². The van der Waals surface area contributed by atoms with E-state index in [0.717, 1.165) is 22.1 Å². The van der Waals surface area contributed by atoms with Gasteiger partial charge in [-0.2, -0.15) is 0 Å². The molecule has 0 aliphatic carbocycles. The van der Waals surface area contributed by atoms with Gasteiger partial charge in [0.2, 0.25) is 0 Å². The summed E-state index contributed by atoms with van der Waals surface area (Å²) >= 11 is 3.47. The molecule has 0 saturated heterocycles. The van der Waals surface area contributed by atoms with E-state index < -0.39 is 0 Å². The van der Waals surface area contributed by atoms with E-state index in [9.17, 15) is 0 Å². The Morgan fingerprint density at radius 3 is 2.88 bits per heavy atom. The lowest BCUT2D eigenvalue weighted by atomic mass is 10.3. The lowest BCUT2D eigenvalue weighted by molar-refractivity contribution is 0.662. The van der Waals surface area contributed by atoms with Crippen molar-refractivity contribution in [1.29, 1.82) is 0 Å². The Morgan fingerprint density at radius 1 is 1.44 bits per heavy atom. The molecule has 2 heterocycles. The van der Waals surface area contributed by atoms with E-state index in [4.69, 9.17) is 0 Å². The van der Waals surface area contributed by atoms with Crippen LogP contribution in [0.2, 0.25) is 0 Å². The highest BCUT2D eigenvalue weighted by atomic mass is 32.1. The van der Waals surface area contributed by atoms with Crippen LogP contribution in [0.25, 0.3) is 0 Å². The van der Waals surface area contributed by atoms with Crippen LogP contribution >= 0.6 is 22.7 Å². The van der Waals surface area contributed by atoms with Gasteiger partial charge in [-0.1, -0.05) is 0 Å². The van der Waals surface area contributed by atoms with Gasteiger partial charge in [-0.3, -0.25) is 0 Å². The highest BCUT2D eigenvalue weighted by Crippen LogP contribution is 2.23. The van der Waals surface area contributed by atoms with Gasteiger partial charge >= 0.3 is 0 Å². The van der Waals surface area contributed by atoms with Crippen LogP contribution in [0, 0.1) is 6.92 Å². The minimum atomic E-state index is 0.379. The summed E-state index contributed by atoms with van der Waals surface area (Å²) in [5.41, 5.74) is 1.10. The maximum Gasteiger partial charge on any atom is 0.0996 e. The predicted molar refractivity (Wildman–Crippen MR) is 69.2 cm³/mol. The van der Waals surface area contributed by atoms with Crippen LogP contribution in [0.5, 0.6) is 0 Å². The highest BCUT2D eigenvalue weighted by Gasteiger charge is 2.09. The van der Waals surface area contributed by atoms with Crippen molar-refractivity contribution in [2.45, 2.75) is 26.3 Å². The van der Waals surface area contributed by atoms with Crippen LogP contribution in [-0.4, -0.2) is 17.0 Å². The van der Waals surface area contributed by atoms with Crippen LogP contribution in [0.1, 0.15) is 33.6 Å². The summed E-state index contributed by atoms with van der Waals surface area (Å²) in [4.78, 5) is 10.2. The van der Waals surface area contributed by atoms with Crippen molar-refractivity contribution in [2.24, 2.45) is 0 Å². The fraction of sp³-hybridized carbons (Fsp3) is 0.455. The number of aromatic nitrogens is 2. The maximum atomic E-state index is 4.45. The second kappa shape index (κ2) is 5.03. The molecule has 3 nitrogen and oxygen atoms in total. The van der Waals surface area contributed by atoms with Crippen molar-refractivity contribution in [3.8, 4) is 0 Å². The Morgan fingerprint density at radius 2 is 2.25 bits per heavy atom. The number of nitrogens with zero attached hydrogens (tertiary/aromatic N) is 2. The molecule has 0 radical (unpaired) electrons. The summed E-state index contributed by atoms with van der Waals surface area (Å²) in [6.45, 7) is 4.17. The van der Waals surface area contributed by atoms with Gasteiger partial charge in [0.1, 0.15) is 0 Å². The Balaban J connectivity index is 2.08. The predicted octanol–water partition coefficient (Wildman–Crippen LogP) is 2.78. The second-order valence-corrected chi connectivity index (χ2v) is 5.82. The standard InChI is InChI=1S/C11H15N3S2/c1-7-6-15-11(14-7)4-10-13-5-9(16-10)8(2)12-3/h5-6,8,12H,4H2,1-3H3. The minimum Gasteiger partial charge on any atom is -0.312 e. The molecule has 0 fully saturated rings. The number of nitrogens with one attached hydrogen (secondary N) is 1. The Kier molecular flexibility index (Phi) is 3.68. The van der Waals surface area contributed by atoms with Gasteiger partial charge in [-0.05, 0) is 20.9 Å². The average Bonchev–Trinajstić information content (AvgIpc) is 2.87. The molecule has 0 spiro atoms. The van der Waals surface area contributed by atoms with E-state index >= 15 is 0 Å². The van der Waals surface area contributed by atoms with Crippen LogP contribution in [0.4, 0.5) is 0 Å². The van der Waals surface area contributed by atoms with E-state index in [1.54, 1.807) is 22.7 Å². The van der Waals surface area contributed by atoms with Crippen molar-refractivity contribution in [3.63, 3.8) is 0 Å². The molecule has 0 bridgehead atoms. The molecule has 0 amide bonds. The summed E-state index contributed by atoms with van der Waals surface area (Å²) in [5.74, 6) is 0.